The molecule has 2 nitrogen and oxygen atoms in total. The van der Waals surface area contributed by atoms with Gasteiger partial charge in [-0.25, -0.2) is 0 Å². The van der Waals surface area contributed by atoms with Crippen LogP contribution < -0.4 is 5.73 Å². The molecule has 0 aliphatic heterocycles. The largest absolute Gasteiger partial charge is 0.398 e. The van der Waals surface area contributed by atoms with E-state index in [0.717, 1.165) is 16.2 Å². The first-order valence-corrected chi connectivity index (χ1v) is 7.23. The smallest absolute Gasteiger partial charge is 0.0617 e. The summed E-state index contributed by atoms with van der Waals surface area (Å²) in [5.74, 6) is 1.43. The van der Waals surface area contributed by atoms with Gasteiger partial charge in [0.05, 0.1) is 15.7 Å². The Balaban J connectivity index is 2.08. The van der Waals surface area contributed by atoms with Crippen LogP contribution in [0.3, 0.4) is 0 Å². The number of hydrogen-bond acceptors (Lipinski definition) is 2. The highest BCUT2D eigenvalue weighted by atomic mass is 32.2. The molecule has 0 bridgehead atoms. The highest BCUT2D eigenvalue weighted by Gasteiger charge is 2.19. The van der Waals surface area contributed by atoms with Gasteiger partial charge < -0.3 is 5.73 Å². The van der Waals surface area contributed by atoms with Crippen molar-refractivity contribution < 1.29 is 4.21 Å². The SMILES string of the molecule is Cc1ccc(S(=O)CC2CCCC2)c(N)c1. The molecule has 1 fully saturated rings. The molecule has 0 amide bonds. The minimum Gasteiger partial charge on any atom is -0.398 e. The minimum atomic E-state index is -0.918. The maximum Gasteiger partial charge on any atom is 0.0617 e. The molecule has 0 saturated heterocycles. The summed E-state index contributed by atoms with van der Waals surface area (Å²) in [5.41, 5.74) is 7.70. The van der Waals surface area contributed by atoms with Gasteiger partial charge in [-0.2, -0.15) is 0 Å². The lowest BCUT2D eigenvalue weighted by atomic mass is 10.1. The Morgan fingerprint density at radius 2 is 2.06 bits per heavy atom. The fourth-order valence-corrected chi connectivity index (χ4v) is 3.84. The molecule has 0 radical (unpaired) electrons. The predicted octanol–water partition coefficient (Wildman–Crippen LogP) is 2.88. The number of nitrogens with two attached hydrogens (primary N) is 1. The van der Waals surface area contributed by atoms with Crippen molar-refractivity contribution in [3.8, 4) is 0 Å². The number of anilines is 1. The summed E-state index contributed by atoms with van der Waals surface area (Å²) < 4.78 is 12.2. The van der Waals surface area contributed by atoms with Gasteiger partial charge >= 0.3 is 0 Å². The van der Waals surface area contributed by atoms with Crippen molar-refractivity contribution in [3.63, 3.8) is 0 Å². The Hall–Kier alpha value is -0.830. The maximum atomic E-state index is 12.2. The van der Waals surface area contributed by atoms with E-state index in [1.807, 2.05) is 25.1 Å². The molecule has 2 N–H and O–H groups in total. The average molecular weight is 237 g/mol. The standard InChI is InChI=1S/C13H19NOS/c1-10-6-7-13(12(14)8-10)16(15)9-11-4-2-3-5-11/h6-8,11H,2-5,9,14H2,1H3. The number of benzene rings is 1. The predicted molar refractivity (Wildman–Crippen MR) is 68.8 cm³/mol. The zero-order valence-corrected chi connectivity index (χ0v) is 10.6. The molecule has 88 valence electrons. The second kappa shape index (κ2) is 5.00. The Morgan fingerprint density at radius 1 is 1.38 bits per heavy atom. The summed E-state index contributed by atoms with van der Waals surface area (Å²) in [4.78, 5) is 0.817. The number of aryl methyl sites for hydroxylation is 1. The first kappa shape index (κ1) is 11.6. The lowest BCUT2D eigenvalue weighted by Gasteiger charge is -2.10. The van der Waals surface area contributed by atoms with Crippen LogP contribution in [0.4, 0.5) is 5.69 Å². The third-order valence-corrected chi connectivity index (χ3v) is 4.91. The van der Waals surface area contributed by atoms with E-state index >= 15 is 0 Å². The topological polar surface area (TPSA) is 43.1 Å². The summed E-state index contributed by atoms with van der Waals surface area (Å²) in [7, 11) is -0.918. The van der Waals surface area contributed by atoms with Crippen molar-refractivity contribution in [3.05, 3.63) is 23.8 Å². The third kappa shape index (κ3) is 2.64. The van der Waals surface area contributed by atoms with Gasteiger partial charge in [-0.15, -0.1) is 0 Å². The summed E-state index contributed by atoms with van der Waals surface area (Å²) in [6.07, 6.45) is 5.06. The van der Waals surface area contributed by atoms with Gasteiger partial charge in [0, 0.05) is 11.4 Å². The monoisotopic (exact) mass is 237 g/mol. The van der Waals surface area contributed by atoms with Crippen LogP contribution in [0.25, 0.3) is 0 Å². The van der Waals surface area contributed by atoms with Crippen molar-refractivity contribution in [2.75, 3.05) is 11.5 Å². The minimum absolute atomic E-state index is 0.640. The normalized spacial score (nSPS) is 18.8. The van der Waals surface area contributed by atoms with E-state index in [9.17, 15) is 4.21 Å². The van der Waals surface area contributed by atoms with Gasteiger partial charge in [0.2, 0.25) is 0 Å². The fraction of sp³-hybridized carbons (Fsp3) is 0.538. The van der Waals surface area contributed by atoms with Crippen molar-refractivity contribution in [2.24, 2.45) is 5.92 Å². The molecule has 1 saturated carbocycles. The van der Waals surface area contributed by atoms with Crippen molar-refractivity contribution in [1.82, 2.24) is 0 Å². The van der Waals surface area contributed by atoms with Crippen LogP contribution in [0.15, 0.2) is 23.1 Å². The summed E-state index contributed by atoms with van der Waals surface area (Å²) >= 11 is 0. The molecular weight excluding hydrogens is 218 g/mol. The number of nitrogen functional groups attached to an aromatic ring is 1. The lowest BCUT2D eigenvalue weighted by molar-refractivity contribution is 0.604. The molecule has 1 aromatic carbocycles. The molecule has 1 unspecified atom stereocenters. The molecule has 0 heterocycles. The average Bonchev–Trinajstić information content (AvgIpc) is 2.70. The second-order valence-corrected chi connectivity index (χ2v) is 6.17. The maximum absolute atomic E-state index is 12.2. The zero-order chi connectivity index (χ0) is 11.5. The van der Waals surface area contributed by atoms with Gasteiger partial charge in [-0.3, -0.25) is 4.21 Å². The first-order valence-electron chi connectivity index (χ1n) is 5.91. The van der Waals surface area contributed by atoms with Gasteiger partial charge in [-0.05, 0) is 43.4 Å². The highest BCUT2D eigenvalue weighted by Crippen LogP contribution is 2.28. The number of hydrogen-bond donors (Lipinski definition) is 1. The van der Waals surface area contributed by atoms with Gasteiger partial charge in [-0.1, -0.05) is 18.9 Å². The molecule has 2 rings (SSSR count). The van der Waals surface area contributed by atoms with E-state index in [2.05, 4.69) is 0 Å². The van der Waals surface area contributed by atoms with Crippen molar-refractivity contribution in [1.29, 1.82) is 0 Å². The van der Waals surface area contributed by atoms with Crippen LogP contribution in [0, 0.1) is 12.8 Å². The summed E-state index contributed by atoms with van der Waals surface area (Å²) in [6, 6.07) is 5.80. The summed E-state index contributed by atoms with van der Waals surface area (Å²) in [5, 5.41) is 0. The molecule has 0 aromatic heterocycles. The van der Waals surface area contributed by atoms with Crippen LogP contribution in [-0.2, 0) is 10.8 Å². The van der Waals surface area contributed by atoms with E-state index in [4.69, 9.17) is 5.73 Å². The Labute approximate surface area is 99.7 Å². The second-order valence-electron chi connectivity index (χ2n) is 4.70. The molecule has 16 heavy (non-hydrogen) atoms. The zero-order valence-electron chi connectivity index (χ0n) is 9.74. The van der Waals surface area contributed by atoms with Crippen molar-refractivity contribution >= 4 is 16.5 Å². The Bertz CT molecular complexity index is 397. The molecule has 1 aromatic rings. The highest BCUT2D eigenvalue weighted by molar-refractivity contribution is 7.85. The van der Waals surface area contributed by atoms with Gasteiger partial charge in [0.15, 0.2) is 0 Å². The van der Waals surface area contributed by atoms with Crippen LogP contribution in [0.2, 0.25) is 0 Å². The van der Waals surface area contributed by atoms with E-state index < -0.39 is 10.8 Å². The molecule has 1 atom stereocenters. The van der Waals surface area contributed by atoms with E-state index in [-0.39, 0.29) is 0 Å². The molecule has 0 spiro atoms. The molecule has 3 heteroatoms. The third-order valence-electron chi connectivity index (χ3n) is 3.27. The van der Waals surface area contributed by atoms with Crippen molar-refractivity contribution in [2.45, 2.75) is 37.5 Å². The van der Waals surface area contributed by atoms with Crippen LogP contribution >= 0.6 is 0 Å². The molecular formula is C13H19NOS. The van der Waals surface area contributed by atoms with E-state index in [0.29, 0.717) is 11.6 Å². The van der Waals surface area contributed by atoms with E-state index in [1.54, 1.807) is 0 Å². The molecule has 1 aliphatic rings. The summed E-state index contributed by atoms with van der Waals surface area (Å²) in [6.45, 7) is 2.00. The van der Waals surface area contributed by atoms with E-state index in [1.165, 1.54) is 25.7 Å². The quantitative estimate of drug-likeness (QED) is 0.821. The van der Waals surface area contributed by atoms with Gasteiger partial charge in [0.1, 0.15) is 0 Å². The molecule has 1 aliphatic carbocycles. The lowest BCUT2D eigenvalue weighted by Crippen LogP contribution is -2.09. The number of rotatable bonds is 3. The van der Waals surface area contributed by atoms with Crippen LogP contribution in [-0.4, -0.2) is 9.96 Å². The Morgan fingerprint density at radius 3 is 2.69 bits per heavy atom. The van der Waals surface area contributed by atoms with Gasteiger partial charge in [0.25, 0.3) is 0 Å². The van der Waals surface area contributed by atoms with Crippen LogP contribution in [0.5, 0.6) is 0 Å². The fourth-order valence-electron chi connectivity index (χ4n) is 2.36. The first-order chi connectivity index (χ1) is 7.66. The van der Waals surface area contributed by atoms with Crippen LogP contribution in [0.1, 0.15) is 31.2 Å². The Kier molecular flexibility index (Phi) is 3.64.